The van der Waals surface area contributed by atoms with Gasteiger partial charge in [-0.2, -0.15) is 0 Å². The number of unbranched alkanes of at least 4 members (excludes halogenated alkanes) is 2. The third-order valence-electron chi connectivity index (χ3n) is 4.27. The van der Waals surface area contributed by atoms with Gasteiger partial charge in [-0.3, -0.25) is 9.59 Å². The fraction of sp³-hybridized carbons (Fsp3) is 0.882. The highest BCUT2D eigenvalue weighted by molar-refractivity contribution is 5.73. The Hall–Kier alpha value is -1.18. The maximum Gasteiger partial charge on any atom is 0.302 e. The first-order chi connectivity index (χ1) is 11.4. The average Bonchev–Trinajstić information content (AvgIpc) is 2.51. The van der Waals surface area contributed by atoms with E-state index in [-0.39, 0.29) is 23.9 Å². The maximum absolute atomic E-state index is 11.6. The van der Waals surface area contributed by atoms with Gasteiger partial charge in [0.05, 0.1) is 6.10 Å². The summed E-state index contributed by atoms with van der Waals surface area (Å²) in [4.78, 5) is 23.1. The Morgan fingerprint density at radius 2 is 1.92 bits per heavy atom. The van der Waals surface area contributed by atoms with Crippen molar-refractivity contribution in [3.8, 4) is 0 Å². The molecule has 0 bridgehead atoms. The van der Waals surface area contributed by atoms with E-state index in [4.69, 9.17) is 19.9 Å². The van der Waals surface area contributed by atoms with Crippen molar-refractivity contribution in [1.82, 2.24) is 5.32 Å². The van der Waals surface area contributed by atoms with E-state index in [2.05, 4.69) is 5.32 Å². The van der Waals surface area contributed by atoms with Gasteiger partial charge in [0.25, 0.3) is 0 Å². The topological polar surface area (TPSA) is 99.9 Å². The number of carbonyl (C=O) groups is 2. The summed E-state index contributed by atoms with van der Waals surface area (Å²) in [7, 11) is 0. The van der Waals surface area contributed by atoms with Gasteiger partial charge >= 0.3 is 5.97 Å². The Morgan fingerprint density at radius 3 is 2.46 bits per heavy atom. The molecule has 1 saturated heterocycles. The van der Waals surface area contributed by atoms with E-state index < -0.39 is 18.4 Å². The van der Waals surface area contributed by atoms with E-state index in [1.54, 1.807) is 0 Å². The fourth-order valence-electron chi connectivity index (χ4n) is 3.07. The number of hydrogen-bond donors (Lipinski definition) is 2. The van der Waals surface area contributed by atoms with Gasteiger partial charge in [0, 0.05) is 26.4 Å². The first-order valence-electron chi connectivity index (χ1n) is 8.82. The van der Waals surface area contributed by atoms with Gasteiger partial charge in [0.15, 0.2) is 6.29 Å². The van der Waals surface area contributed by atoms with Crippen LogP contribution in [0.1, 0.15) is 53.4 Å². The largest absolute Gasteiger partial charge is 0.460 e. The number of nitrogens with one attached hydrogen (secondary N) is 1. The second-order valence-corrected chi connectivity index (χ2v) is 6.33. The zero-order chi connectivity index (χ0) is 18.1. The molecule has 1 heterocycles. The normalized spacial score (nSPS) is 30.0. The second kappa shape index (κ2) is 10.6. The first kappa shape index (κ1) is 20.9. The number of esters is 1. The molecule has 1 amide bonds. The van der Waals surface area contributed by atoms with Crippen LogP contribution in [0.3, 0.4) is 0 Å². The lowest BCUT2D eigenvalue weighted by molar-refractivity contribution is -0.253. The van der Waals surface area contributed by atoms with Crippen molar-refractivity contribution < 1.29 is 23.8 Å². The lowest BCUT2D eigenvalue weighted by Crippen LogP contribution is -2.62. The number of amides is 1. The van der Waals surface area contributed by atoms with E-state index in [9.17, 15) is 9.59 Å². The third kappa shape index (κ3) is 6.37. The molecule has 0 unspecified atom stereocenters. The molecule has 1 aliphatic heterocycles. The molecule has 140 valence electrons. The Bertz CT molecular complexity index is 404. The van der Waals surface area contributed by atoms with Gasteiger partial charge in [0.2, 0.25) is 5.91 Å². The standard InChI is InChI=1S/C17H32N2O5/c1-5-14-11(2)16(23-13(4)21)15(19-12(3)20)17(24-14)22-10-8-6-7-9-18/h11,14-17H,5-10,18H2,1-4H3,(H,19,20)/t11-,14+,15+,16-,17+/m0/s1. The van der Waals surface area contributed by atoms with Gasteiger partial charge in [0.1, 0.15) is 12.1 Å². The number of rotatable bonds is 9. The molecule has 1 rings (SSSR count). The first-order valence-corrected chi connectivity index (χ1v) is 8.82. The molecule has 0 saturated carbocycles. The van der Waals surface area contributed by atoms with Crippen LogP contribution >= 0.6 is 0 Å². The molecular weight excluding hydrogens is 312 g/mol. The Morgan fingerprint density at radius 1 is 1.21 bits per heavy atom. The molecule has 0 aromatic rings. The van der Waals surface area contributed by atoms with E-state index in [0.717, 1.165) is 25.7 Å². The highest BCUT2D eigenvalue weighted by Crippen LogP contribution is 2.31. The minimum absolute atomic E-state index is 0.0344. The smallest absolute Gasteiger partial charge is 0.302 e. The van der Waals surface area contributed by atoms with Crippen molar-refractivity contribution >= 4 is 11.9 Å². The average molecular weight is 344 g/mol. The summed E-state index contributed by atoms with van der Waals surface area (Å²) < 4.78 is 17.4. The highest BCUT2D eigenvalue weighted by Gasteiger charge is 2.46. The van der Waals surface area contributed by atoms with Crippen LogP contribution in [-0.2, 0) is 23.8 Å². The predicted molar refractivity (Wildman–Crippen MR) is 90.1 cm³/mol. The molecular formula is C17H32N2O5. The van der Waals surface area contributed by atoms with Crippen molar-refractivity contribution in [2.75, 3.05) is 13.2 Å². The summed E-state index contributed by atoms with van der Waals surface area (Å²) in [5, 5.41) is 2.83. The number of carbonyl (C=O) groups excluding carboxylic acids is 2. The Labute approximate surface area is 144 Å². The van der Waals surface area contributed by atoms with Crippen LogP contribution in [0.5, 0.6) is 0 Å². The van der Waals surface area contributed by atoms with Crippen molar-refractivity contribution in [2.45, 2.75) is 77.9 Å². The van der Waals surface area contributed by atoms with E-state index in [0.29, 0.717) is 13.2 Å². The predicted octanol–water partition coefficient (Wildman–Crippen LogP) is 1.34. The Balaban J connectivity index is 2.81. The molecule has 7 nitrogen and oxygen atoms in total. The summed E-state index contributed by atoms with van der Waals surface area (Å²) >= 11 is 0. The lowest BCUT2D eigenvalue weighted by atomic mass is 9.87. The second-order valence-electron chi connectivity index (χ2n) is 6.33. The molecule has 3 N–H and O–H groups in total. The number of nitrogens with two attached hydrogens (primary N) is 1. The number of hydrogen-bond acceptors (Lipinski definition) is 6. The van der Waals surface area contributed by atoms with Crippen LogP contribution < -0.4 is 11.1 Å². The fourth-order valence-corrected chi connectivity index (χ4v) is 3.07. The Kier molecular flexibility index (Phi) is 9.25. The van der Waals surface area contributed by atoms with Crippen molar-refractivity contribution in [1.29, 1.82) is 0 Å². The number of ether oxygens (including phenoxy) is 3. The third-order valence-corrected chi connectivity index (χ3v) is 4.27. The van der Waals surface area contributed by atoms with Crippen LogP contribution in [0.15, 0.2) is 0 Å². The molecule has 24 heavy (non-hydrogen) atoms. The van der Waals surface area contributed by atoms with Crippen LogP contribution in [-0.4, -0.2) is 49.6 Å². The van der Waals surface area contributed by atoms with E-state index >= 15 is 0 Å². The maximum atomic E-state index is 11.6. The molecule has 1 fully saturated rings. The van der Waals surface area contributed by atoms with Crippen LogP contribution in [0.25, 0.3) is 0 Å². The quantitative estimate of drug-likeness (QED) is 0.484. The zero-order valence-corrected chi connectivity index (χ0v) is 15.2. The van der Waals surface area contributed by atoms with Crippen LogP contribution in [0, 0.1) is 5.92 Å². The molecule has 0 aliphatic carbocycles. The van der Waals surface area contributed by atoms with Gasteiger partial charge < -0.3 is 25.3 Å². The summed E-state index contributed by atoms with van der Waals surface area (Å²) in [5.74, 6) is -0.617. The molecule has 0 spiro atoms. The molecule has 5 atom stereocenters. The minimum atomic E-state index is -0.628. The molecule has 0 aromatic carbocycles. The van der Waals surface area contributed by atoms with Crippen molar-refractivity contribution in [3.05, 3.63) is 0 Å². The SMILES string of the molecule is CC[C@H]1O[C@@H](OCCCCCN)[C@H](NC(C)=O)[C@@H](OC(C)=O)[C@H]1C. The van der Waals surface area contributed by atoms with Gasteiger partial charge in [-0.25, -0.2) is 0 Å². The highest BCUT2D eigenvalue weighted by atomic mass is 16.7. The monoisotopic (exact) mass is 344 g/mol. The summed E-state index contributed by atoms with van der Waals surface area (Å²) in [5.41, 5.74) is 5.49. The van der Waals surface area contributed by atoms with Crippen molar-refractivity contribution in [3.63, 3.8) is 0 Å². The van der Waals surface area contributed by atoms with Crippen LogP contribution in [0.2, 0.25) is 0 Å². The van der Waals surface area contributed by atoms with Crippen LogP contribution in [0.4, 0.5) is 0 Å². The summed E-state index contributed by atoms with van der Waals surface area (Å²) in [6.45, 7) is 7.96. The molecule has 7 heteroatoms. The summed E-state index contributed by atoms with van der Waals surface area (Å²) in [6.07, 6.45) is 2.39. The van der Waals surface area contributed by atoms with E-state index in [1.807, 2.05) is 13.8 Å². The lowest BCUT2D eigenvalue weighted by Gasteiger charge is -2.44. The van der Waals surface area contributed by atoms with Gasteiger partial charge in [-0.15, -0.1) is 0 Å². The molecule has 0 radical (unpaired) electrons. The van der Waals surface area contributed by atoms with Gasteiger partial charge in [-0.1, -0.05) is 13.8 Å². The van der Waals surface area contributed by atoms with Gasteiger partial charge in [-0.05, 0) is 32.2 Å². The van der Waals surface area contributed by atoms with E-state index in [1.165, 1.54) is 13.8 Å². The molecule has 0 aromatic heterocycles. The summed E-state index contributed by atoms with van der Waals surface area (Å²) in [6, 6.07) is -0.515. The zero-order valence-electron chi connectivity index (χ0n) is 15.2. The minimum Gasteiger partial charge on any atom is -0.460 e. The van der Waals surface area contributed by atoms with Crippen molar-refractivity contribution in [2.24, 2.45) is 11.7 Å². The molecule has 1 aliphatic rings.